The van der Waals surface area contributed by atoms with Crippen molar-refractivity contribution in [2.75, 3.05) is 31.6 Å². The standard InChI is InChI=1S/C32H35ClFN5O2/c1-18-16-39(26-10-11-32(26,2)37-18)30-24-15-25(33)27(23-14-21(40)13-19-7-4-5-9-22(19)23)28(34)29(24)35-31(36-30)41-17-20-8-6-12-38(20)3/h4-5,7,9,13-15,18,20,26,37,40H,6,8,10-12,16-17H2,1-3H3/t18?,20-,26?,32?/m0/s1. The number of likely N-dealkylation sites (N-methyl/N-ethyl adjacent to an activating group) is 1. The molecule has 1 saturated carbocycles. The van der Waals surface area contributed by atoms with Gasteiger partial charge in [0.05, 0.1) is 5.02 Å². The highest BCUT2D eigenvalue weighted by molar-refractivity contribution is 6.35. The lowest BCUT2D eigenvalue weighted by atomic mass is 9.70. The van der Waals surface area contributed by atoms with Crippen LogP contribution >= 0.6 is 11.6 Å². The van der Waals surface area contributed by atoms with Gasteiger partial charge in [0.15, 0.2) is 5.82 Å². The van der Waals surface area contributed by atoms with E-state index >= 15 is 4.39 Å². The van der Waals surface area contributed by atoms with Crippen LogP contribution in [-0.4, -0.2) is 70.4 Å². The van der Waals surface area contributed by atoms with Gasteiger partial charge in [-0.25, -0.2) is 4.39 Å². The highest BCUT2D eigenvalue weighted by Gasteiger charge is 2.50. The fraction of sp³-hybridized carbons (Fsp3) is 0.438. The zero-order valence-electron chi connectivity index (χ0n) is 23.6. The maximum absolute atomic E-state index is 16.8. The number of nitrogens with one attached hydrogen (secondary N) is 1. The van der Waals surface area contributed by atoms with E-state index in [1.807, 2.05) is 24.3 Å². The van der Waals surface area contributed by atoms with E-state index in [0.29, 0.717) is 23.4 Å². The number of nitrogens with zero attached hydrogens (tertiary/aromatic N) is 4. The molecule has 1 aromatic heterocycles. The van der Waals surface area contributed by atoms with Crippen LogP contribution in [0.1, 0.15) is 39.5 Å². The van der Waals surface area contributed by atoms with Gasteiger partial charge in [0.1, 0.15) is 23.7 Å². The van der Waals surface area contributed by atoms with Crippen molar-refractivity contribution in [1.29, 1.82) is 0 Å². The summed E-state index contributed by atoms with van der Waals surface area (Å²) in [5.41, 5.74) is 0.858. The summed E-state index contributed by atoms with van der Waals surface area (Å²) in [7, 11) is 2.10. The molecule has 0 spiro atoms. The summed E-state index contributed by atoms with van der Waals surface area (Å²) in [6, 6.07) is 13.5. The van der Waals surface area contributed by atoms with Crippen LogP contribution in [0.25, 0.3) is 32.8 Å². The minimum absolute atomic E-state index is 0.0364. The van der Waals surface area contributed by atoms with Crippen molar-refractivity contribution >= 4 is 39.1 Å². The molecule has 41 heavy (non-hydrogen) atoms. The van der Waals surface area contributed by atoms with Crippen LogP contribution in [0, 0.1) is 5.82 Å². The van der Waals surface area contributed by atoms with Gasteiger partial charge in [0, 0.05) is 41.2 Å². The third-order valence-corrected chi connectivity index (χ3v) is 9.70. The lowest BCUT2D eigenvalue weighted by Crippen LogP contribution is -2.74. The fourth-order valence-corrected chi connectivity index (χ4v) is 7.49. The Morgan fingerprint density at radius 2 is 2.00 bits per heavy atom. The van der Waals surface area contributed by atoms with Crippen LogP contribution in [-0.2, 0) is 0 Å². The molecule has 9 heteroatoms. The number of phenolic OH excluding ortho intramolecular Hbond substituents is 1. The molecule has 2 aliphatic heterocycles. The van der Waals surface area contributed by atoms with E-state index in [4.69, 9.17) is 21.3 Å². The van der Waals surface area contributed by atoms with Gasteiger partial charge in [0.2, 0.25) is 0 Å². The minimum Gasteiger partial charge on any atom is -0.508 e. The second kappa shape index (κ2) is 9.96. The average Bonchev–Trinajstić information content (AvgIpc) is 3.34. The number of halogens is 2. The zero-order valence-corrected chi connectivity index (χ0v) is 24.4. The zero-order chi connectivity index (χ0) is 28.5. The van der Waals surface area contributed by atoms with Crippen molar-refractivity contribution in [3.05, 3.63) is 53.3 Å². The quantitative estimate of drug-likeness (QED) is 0.296. The number of aromatic hydroxyl groups is 1. The molecule has 1 aliphatic carbocycles. The Kier molecular flexibility index (Phi) is 6.48. The Morgan fingerprint density at radius 1 is 1.17 bits per heavy atom. The number of ether oxygens (including phenoxy) is 1. The topological polar surface area (TPSA) is 73.8 Å². The van der Waals surface area contributed by atoms with Gasteiger partial charge in [-0.15, -0.1) is 0 Å². The van der Waals surface area contributed by atoms with Crippen LogP contribution in [0.4, 0.5) is 10.2 Å². The fourth-order valence-electron chi connectivity index (χ4n) is 7.19. The second-order valence-electron chi connectivity index (χ2n) is 12.2. The van der Waals surface area contributed by atoms with E-state index in [1.165, 1.54) is 0 Å². The van der Waals surface area contributed by atoms with Gasteiger partial charge >= 0.3 is 6.01 Å². The number of phenols is 1. The number of hydrogen-bond acceptors (Lipinski definition) is 7. The second-order valence-corrected chi connectivity index (χ2v) is 12.7. The first-order valence-electron chi connectivity index (χ1n) is 14.5. The molecule has 7 rings (SSSR count). The number of hydrogen-bond donors (Lipinski definition) is 2. The van der Waals surface area contributed by atoms with Crippen molar-refractivity contribution in [1.82, 2.24) is 20.2 Å². The summed E-state index contributed by atoms with van der Waals surface area (Å²) in [6.07, 6.45) is 4.27. The molecule has 7 nitrogen and oxygen atoms in total. The lowest BCUT2D eigenvalue weighted by molar-refractivity contribution is 0.111. The first-order chi connectivity index (χ1) is 19.7. The van der Waals surface area contributed by atoms with Gasteiger partial charge in [-0.1, -0.05) is 35.9 Å². The molecule has 0 radical (unpaired) electrons. The maximum Gasteiger partial charge on any atom is 0.319 e. The molecule has 2 saturated heterocycles. The molecular weight excluding hydrogens is 541 g/mol. The summed E-state index contributed by atoms with van der Waals surface area (Å²) in [5, 5.41) is 16.7. The molecule has 3 aliphatic rings. The highest BCUT2D eigenvalue weighted by Crippen LogP contribution is 2.46. The van der Waals surface area contributed by atoms with Crippen molar-refractivity contribution < 1.29 is 14.2 Å². The van der Waals surface area contributed by atoms with Gasteiger partial charge in [-0.05, 0) is 87.7 Å². The summed E-state index contributed by atoms with van der Waals surface area (Å²) in [6.45, 7) is 6.63. The Morgan fingerprint density at radius 3 is 2.76 bits per heavy atom. The molecule has 2 N–H and O–H groups in total. The van der Waals surface area contributed by atoms with Crippen LogP contribution in [0.5, 0.6) is 11.8 Å². The van der Waals surface area contributed by atoms with Crippen molar-refractivity contribution in [3.63, 3.8) is 0 Å². The molecule has 214 valence electrons. The van der Waals surface area contributed by atoms with E-state index < -0.39 is 5.82 Å². The maximum atomic E-state index is 16.8. The lowest BCUT2D eigenvalue weighted by Gasteiger charge is -2.58. The molecule has 0 amide bonds. The van der Waals surface area contributed by atoms with Gasteiger partial charge < -0.3 is 25.0 Å². The predicted octanol–water partition coefficient (Wildman–Crippen LogP) is 6.14. The number of likely N-dealkylation sites (tertiary alicyclic amines) is 1. The number of piperazine rings is 1. The van der Waals surface area contributed by atoms with E-state index in [0.717, 1.165) is 49.5 Å². The molecular formula is C32H35ClFN5O2. The Hall–Kier alpha value is -3.20. The van der Waals surface area contributed by atoms with Crippen LogP contribution in [0.3, 0.4) is 0 Å². The van der Waals surface area contributed by atoms with Gasteiger partial charge in [0.25, 0.3) is 0 Å². The summed E-state index contributed by atoms with van der Waals surface area (Å²) in [4.78, 5) is 14.2. The third kappa shape index (κ3) is 4.47. The van der Waals surface area contributed by atoms with E-state index in [-0.39, 0.29) is 51.5 Å². The highest BCUT2D eigenvalue weighted by atomic mass is 35.5. The van der Waals surface area contributed by atoms with Crippen molar-refractivity contribution in [2.45, 2.75) is 63.2 Å². The number of rotatable bonds is 5. The molecule has 4 atom stereocenters. The number of fused-ring (bicyclic) bond motifs is 3. The number of aromatic nitrogens is 2. The van der Waals surface area contributed by atoms with Gasteiger partial charge in [-0.3, -0.25) is 0 Å². The van der Waals surface area contributed by atoms with Crippen molar-refractivity contribution in [2.24, 2.45) is 0 Å². The first-order valence-corrected chi connectivity index (χ1v) is 14.9. The Balaban J connectivity index is 1.41. The molecule has 0 bridgehead atoms. The normalized spacial score (nSPS) is 26.4. The SMILES string of the molecule is CC1CN(c2nc(OC[C@@H]3CCCN3C)nc3c(F)c(-c4cc(O)cc5ccccc45)c(Cl)cc23)C2CCC2(C)N1. The minimum atomic E-state index is -0.547. The molecule has 3 heterocycles. The number of benzene rings is 3. The predicted molar refractivity (Wildman–Crippen MR) is 162 cm³/mol. The van der Waals surface area contributed by atoms with Crippen LogP contribution in [0.15, 0.2) is 42.5 Å². The Labute approximate surface area is 244 Å². The van der Waals surface area contributed by atoms with Gasteiger partial charge in [-0.2, -0.15) is 9.97 Å². The summed E-state index contributed by atoms with van der Waals surface area (Å²) < 4.78 is 23.0. The van der Waals surface area contributed by atoms with E-state index in [2.05, 4.69) is 41.0 Å². The Bertz CT molecular complexity index is 1670. The smallest absolute Gasteiger partial charge is 0.319 e. The van der Waals surface area contributed by atoms with E-state index in [9.17, 15) is 5.11 Å². The third-order valence-electron chi connectivity index (χ3n) is 9.40. The molecule has 3 aromatic carbocycles. The molecule has 3 unspecified atom stereocenters. The molecule has 3 fully saturated rings. The van der Waals surface area contributed by atoms with E-state index in [1.54, 1.807) is 18.2 Å². The average molecular weight is 576 g/mol. The van der Waals surface area contributed by atoms with Crippen LogP contribution in [0.2, 0.25) is 5.02 Å². The monoisotopic (exact) mass is 575 g/mol. The largest absolute Gasteiger partial charge is 0.508 e. The summed E-state index contributed by atoms with van der Waals surface area (Å²) in [5.74, 6) is 0.151. The first kappa shape index (κ1) is 26.7. The van der Waals surface area contributed by atoms with Crippen LogP contribution < -0.4 is 15.0 Å². The molecule has 4 aromatic rings. The number of anilines is 1. The van der Waals surface area contributed by atoms with Crippen molar-refractivity contribution in [3.8, 4) is 22.9 Å². The summed E-state index contributed by atoms with van der Waals surface area (Å²) >= 11 is 6.90.